The highest BCUT2D eigenvalue weighted by Gasteiger charge is 2.35. The minimum absolute atomic E-state index is 0.165. The molecular formula is C8H14N2O5S. The second kappa shape index (κ2) is 4.79. The fourth-order valence-electron chi connectivity index (χ4n) is 1.35. The number of nitrogens with zero attached hydrogens (tertiary/aromatic N) is 1. The first kappa shape index (κ1) is 12.9. The van der Waals surface area contributed by atoms with Crippen LogP contribution in [-0.2, 0) is 19.6 Å². The van der Waals surface area contributed by atoms with Gasteiger partial charge in [-0.1, -0.05) is 0 Å². The molecule has 0 radical (unpaired) electrons. The SMILES string of the molecule is CC(C(=O)O)S(=O)(=O)N1CCCNC(=O)C1. The molecule has 0 aromatic carbocycles. The third-order valence-corrected chi connectivity index (χ3v) is 4.51. The van der Waals surface area contributed by atoms with Crippen molar-refractivity contribution < 1.29 is 23.1 Å². The second-order valence-corrected chi connectivity index (χ2v) is 5.82. The van der Waals surface area contributed by atoms with Gasteiger partial charge in [-0.15, -0.1) is 0 Å². The summed E-state index contributed by atoms with van der Waals surface area (Å²) < 4.78 is 24.5. The highest BCUT2D eigenvalue weighted by molar-refractivity contribution is 7.90. The van der Waals surface area contributed by atoms with Gasteiger partial charge in [-0.05, 0) is 13.3 Å². The van der Waals surface area contributed by atoms with E-state index < -0.39 is 27.1 Å². The zero-order valence-electron chi connectivity index (χ0n) is 8.84. The van der Waals surface area contributed by atoms with Crippen LogP contribution in [-0.4, -0.2) is 54.6 Å². The molecule has 1 amide bonds. The minimum atomic E-state index is -3.94. The van der Waals surface area contributed by atoms with E-state index in [9.17, 15) is 18.0 Å². The van der Waals surface area contributed by atoms with Crippen molar-refractivity contribution in [2.75, 3.05) is 19.6 Å². The van der Waals surface area contributed by atoms with Gasteiger partial charge in [-0.2, -0.15) is 4.31 Å². The third-order valence-electron chi connectivity index (χ3n) is 2.38. The molecule has 16 heavy (non-hydrogen) atoms. The summed E-state index contributed by atoms with van der Waals surface area (Å²) in [5.74, 6) is -1.82. The van der Waals surface area contributed by atoms with Crippen LogP contribution in [0.3, 0.4) is 0 Å². The van der Waals surface area contributed by atoms with Gasteiger partial charge in [0.1, 0.15) is 0 Å². The van der Waals surface area contributed by atoms with Gasteiger partial charge in [0.05, 0.1) is 6.54 Å². The number of carbonyl (C=O) groups excluding carboxylic acids is 1. The number of sulfonamides is 1. The number of hydrogen-bond acceptors (Lipinski definition) is 4. The predicted octanol–water partition coefficient (Wildman–Crippen LogP) is -1.39. The van der Waals surface area contributed by atoms with Gasteiger partial charge in [0, 0.05) is 13.1 Å². The molecule has 1 fully saturated rings. The summed E-state index contributed by atoms with van der Waals surface area (Å²) in [5.41, 5.74) is 0. The van der Waals surface area contributed by atoms with Crippen LogP contribution in [0, 0.1) is 0 Å². The Labute approximate surface area is 93.5 Å². The Morgan fingerprint density at radius 3 is 2.75 bits per heavy atom. The molecule has 92 valence electrons. The van der Waals surface area contributed by atoms with Crippen LogP contribution < -0.4 is 5.32 Å². The molecule has 1 heterocycles. The number of carbonyl (C=O) groups is 2. The average molecular weight is 250 g/mol. The van der Waals surface area contributed by atoms with E-state index in [0.29, 0.717) is 13.0 Å². The van der Waals surface area contributed by atoms with Crippen LogP contribution in [0.2, 0.25) is 0 Å². The molecule has 1 aliphatic heterocycles. The van der Waals surface area contributed by atoms with Crippen LogP contribution in [0.1, 0.15) is 13.3 Å². The molecule has 0 spiro atoms. The van der Waals surface area contributed by atoms with Gasteiger partial charge < -0.3 is 10.4 Å². The van der Waals surface area contributed by atoms with Crippen LogP contribution in [0.4, 0.5) is 0 Å². The molecule has 8 heteroatoms. The first-order valence-corrected chi connectivity index (χ1v) is 6.34. The number of carboxylic acid groups (broad SMARTS) is 1. The lowest BCUT2D eigenvalue weighted by molar-refractivity contribution is -0.136. The van der Waals surface area contributed by atoms with E-state index in [2.05, 4.69) is 5.32 Å². The Morgan fingerprint density at radius 1 is 1.56 bits per heavy atom. The Morgan fingerprint density at radius 2 is 2.19 bits per heavy atom. The molecule has 0 bridgehead atoms. The van der Waals surface area contributed by atoms with Crippen LogP contribution in [0.5, 0.6) is 0 Å². The van der Waals surface area contributed by atoms with Crippen LogP contribution in [0.15, 0.2) is 0 Å². The summed E-state index contributed by atoms with van der Waals surface area (Å²) in [6.07, 6.45) is 0.483. The van der Waals surface area contributed by atoms with Crippen molar-refractivity contribution in [3.8, 4) is 0 Å². The van der Waals surface area contributed by atoms with Crippen LogP contribution in [0.25, 0.3) is 0 Å². The number of rotatable bonds is 3. The van der Waals surface area contributed by atoms with Gasteiger partial charge in [0.25, 0.3) is 0 Å². The standard InChI is InChI=1S/C8H14N2O5S/c1-6(8(12)13)16(14,15)10-4-2-3-9-7(11)5-10/h6H,2-5H2,1H3,(H,9,11)(H,12,13). The maximum atomic E-state index is 11.8. The molecule has 0 aromatic rings. The second-order valence-electron chi connectivity index (χ2n) is 3.56. The zero-order valence-corrected chi connectivity index (χ0v) is 9.66. The van der Waals surface area contributed by atoms with E-state index in [1.807, 2.05) is 0 Å². The summed E-state index contributed by atoms with van der Waals surface area (Å²) in [4.78, 5) is 21.8. The summed E-state index contributed by atoms with van der Waals surface area (Å²) in [6, 6.07) is 0. The third kappa shape index (κ3) is 2.70. The maximum Gasteiger partial charge on any atom is 0.323 e. The van der Waals surface area contributed by atoms with Crippen molar-refractivity contribution >= 4 is 21.9 Å². The first-order valence-electron chi connectivity index (χ1n) is 4.84. The number of nitrogens with one attached hydrogen (secondary N) is 1. The van der Waals surface area contributed by atoms with E-state index in [1.165, 1.54) is 0 Å². The number of carboxylic acids is 1. The summed E-state index contributed by atoms with van der Waals surface area (Å²) in [5, 5.41) is 9.67. The topological polar surface area (TPSA) is 104 Å². The maximum absolute atomic E-state index is 11.8. The van der Waals surface area contributed by atoms with Crippen molar-refractivity contribution in [2.45, 2.75) is 18.6 Å². The Kier molecular flexibility index (Phi) is 3.87. The number of aliphatic carboxylic acids is 1. The van der Waals surface area contributed by atoms with Crippen molar-refractivity contribution in [1.29, 1.82) is 0 Å². The van der Waals surface area contributed by atoms with E-state index in [-0.39, 0.29) is 13.1 Å². The molecular weight excluding hydrogens is 236 g/mol. The molecule has 0 aromatic heterocycles. The van der Waals surface area contributed by atoms with E-state index in [4.69, 9.17) is 5.11 Å². The first-order chi connectivity index (χ1) is 7.35. The number of amides is 1. The lowest BCUT2D eigenvalue weighted by Gasteiger charge is -2.20. The van der Waals surface area contributed by atoms with Crippen molar-refractivity contribution in [2.24, 2.45) is 0 Å². The normalized spacial score (nSPS) is 20.9. The fourth-order valence-corrected chi connectivity index (χ4v) is 2.73. The zero-order chi connectivity index (χ0) is 12.3. The lowest BCUT2D eigenvalue weighted by Crippen LogP contribution is -2.44. The van der Waals surface area contributed by atoms with Gasteiger partial charge in [-0.3, -0.25) is 9.59 Å². The van der Waals surface area contributed by atoms with E-state index in [0.717, 1.165) is 11.2 Å². The highest BCUT2D eigenvalue weighted by Crippen LogP contribution is 2.11. The van der Waals surface area contributed by atoms with E-state index >= 15 is 0 Å². The van der Waals surface area contributed by atoms with E-state index in [1.54, 1.807) is 0 Å². The molecule has 2 N–H and O–H groups in total. The van der Waals surface area contributed by atoms with Crippen molar-refractivity contribution in [3.63, 3.8) is 0 Å². The molecule has 7 nitrogen and oxygen atoms in total. The molecule has 1 aliphatic rings. The Balaban J connectivity index is 2.89. The van der Waals surface area contributed by atoms with Gasteiger partial charge in [0.2, 0.25) is 15.9 Å². The molecule has 1 unspecified atom stereocenters. The smallest absolute Gasteiger partial charge is 0.323 e. The van der Waals surface area contributed by atoms with Gasteiger partial charge in [-0.25, -0.2) is 8.42 Å². The quantitative estimate of drug-likeness (QED) is 0.642. The number of hydrogen-bond donors (Lipinski definition) is 2. The van der Waals surface area contributed by atoms with Crippen molar-refractivity contribution in [3.05, 3.63) is 0 Å². The largest absolute Gasteiger partial charge is 0.480 e. The molecule has 1 atom stereocenters. The molecule has 0 saturated carbocycles. The van der Waals surface area contributed by atoms with Crippen LogP contribution >= 0.6 is 0 Å². The highest BCUT2D eigenvalue weighted by atomic mass is 32.2. The lowest BCUT2D eigenvalue weighted by atomic mass is 10.4. The molecule has 1 saturated heterocycles. The van der Waals surface area contributed by atoms with Crippen molar-refractivity contribution in [1.82, 2.24) is 9.62 Å². The summed E-state index contributed by atoms with van der Waals surface area (Å²) in [6.45, 7) is 1.37. The van der Waals surface area contributed by atoms with Gasteiger partial charge in [0.15, 0.2) is 5.25 Å². The molecule has 0 aliphatic carbocycles. The van der Waals surface area contributed by atoms with Gasteiger partial charge >= 0.3 is 5.97 Å². The minimum Gasteiger partial charge on any atom is -0.480 e. The Hall–Kier alpha value is -1.15. The average Bonchev–Trinajstić information content (AvgIpc) is 2.41. The summed E-state index contributed by atoms with van der Waals surface area (Å²) >= 11 is 0. The Bertz CT molecular complexity index is 391. The molecule has 1 rings (SSSR count). The fraction of sp³-hybridized carbons (Fsp3) is 0.750. The predicted molar refractivity (Wildman–Crippen MR) is 55.2 cm³/mol. The monoisotopic (exact) mass is 250 g/mol. The summed E-state index contributed by atoms with van der Waals surface area (Å²) in [7, 11) is -3.94.